The van der Waals surface area contributed by atoms with Gasteiger partial charge >= 0.3 is 5.97 Å². The van der Waals surface area contributed by atoms with E-state index in [2.05, 4.69) is 26.0 Å². The Kier molecular flexibility index (Phi) is 2.89. The van der Waals surface area contributed by atoms with Crippen molar-refractivity contribution in [2.75, 3.05) is 0 Å². The molecule has 0 amide bonds. The van der Waals surface area contributed by atoms with Gasteiger partial charge in [0.05, 0.1) is 5.56 Å². The van der Waals surface area contributed by atoms with Gasteiger partial charge in [0, 0.05) is 15.1 Å². The normalized spacial score (nSPS) is 9.00. The minimum atomic E-state index is -1.06. The standard InChI is InChI=1S/C7H4BrN3O2/c8-5-1-4(7(12)13)2-6(3-5)10-11-9/h1-3H,(H,12,13). The van der Waals surface area contributed by atoms with Crippen LogP contribution >= 0.6 is 15.9 Å². The van der Waals surface area contributed by atoms with Crippen molar-refractivity contribution < 1.29 is 9.90 Å². The van der Waals surface area contributed by atoms with Gasteiger partial charge in [-0.3, -0.25) is 0 Å². The number of benzene rings is 1. The van der Waals surface area contributed by atoms with Crippen LogP contribution in [0.4, 0.5) is 5.69 Å². The molecule has 0 unspecified atom stereocenters. The van der Waals surface area contributed by atoms with Crippen molar-refractivity contribution >= 4 is 27.6 Å². The quantitative estimate of drug-likeness (QED) is 0.490. The zero-order valence-corrected chi connectivity index (χ0v) is 7.89. The highest BCUT2D eigenvalue weighted by molar-refractivity contribution is 9.10. The first kappa shape index (κ1) is 9.57. The van der Waals surface area contributed by atoms with Gasteiger partial charge in [-0.05, 0) is 23.7 Å². The molecule has 6 heteroatoms. The Bertz CT molecular complexity index is 378. The Morgan fingerprint density at radius 1 is 1.54 bits per heavy atom. The molecule has 0 fully saturated rings. The fraction of sp³-hybridized carbons (Fsp3) is 0. The lowest BCUT2D eigenvalue weighted by molar-refractivity contribution is 0.0697. The molecule has 1 rings (SSSR count). The van der Waals surface area contributed by atoms with Crippen LogP contribution in [0, 0.1) is 0 Å². The molecule has 0 aliphatic carbocycles. The van der Waals surface area contributed by atoms with Crippen LogP contribution in [0.25, 0.3) is 10.4 Å². The highest BCUT2D eigenvalue weighted by atomic mass is 79.9. The molecule has 5 nitrogen and oxygen atoms in total. The number of aromatic carboxylic acids is 1. The van der Waals surface area contributed by atoms with Crippen LogP contribution < -0.4 is 0 Å². The molecule has 0 saturated heterocycles. The van der Waals surface area contributed by atoms with Crippen LogP contribution in [0.15, 0.2) is 27.8 Å². The maximum Gasteiger partial charge on any atom is 0.335 e. The van der Waals surface area contributed by atoms with E-state index in [0.717, 1.165) is 0 Å². The summed E-state index contributed by atoms with van der Waals surface area (Å²) in [5.74, 6) is -1.06. The number of carboxylic acid groups (broad SMARTS) is 1. The molecule has 0 aliphatic rings. The van der Waals surface area contributed by atoms with Gasteiger partial charge in [0.25, 0.3) is 0 Å². The zero-order chi connectivity index (χ0) is 9.84. The molecule has 13 heavy (non-hydrogen) atoms. The summed E-state index contributed by atoms with van der Waals surface area (Å²) in [5, 5.41) is 11.9. The molecule has 0 aromatic heterocycles. The predicted octanol–water partition coefficient (Wildman–Crippen LogP) is 3.09. The Morgan fingerprint density at radius 2 is 2.23 bits per heavy atom. The van der Waals surface area contributed by atoms with Crippen molar-refractivity contribution in [1.29, 1.82) is 0 Å². The van der Waals surface area contributed by atoms with Gasteiger partial charge in [-0.1, -0.05) is 21.0 Å². The SMILES string of the molecule is [N-]=[N+]=Nc1cc(Br)cc(C(=O)O)c1. The van der Waals surface area contributed by atoms with E-state index in [1.807, 2.05) is 0 Å². The average Bonchev–Trinajstić information content (AvgIpc) is 2.03. The van der Waals surface area contributed by atoms with Crippen molar-refractivity contribution in [1.82, 2.24) is 0 Å². The van der Waals surface area contributed by atoms with Gasteiger partial charge < -0.3 is 5.11 Å². The van der Waals surface area contributed by atoms with Crippen molar-refractivity contribution in [3.8, 4) is 0 Å². The highest BCUT2D eigenvalue weighted by Gasteiger charge is 2.04. The Morgan fingerprint density at radius 3 is 2.77 bits per heavy atom. The molecule has 0 heterocycles. The molecule has 0 spiro atoms. The lowest BCUT2D eigenvalue weighted by atomic mass is 10.2. The Labute approximate surface area is 81.8 Å². The minimum Gasteiger partial charge on any atom is -0.478 e. The number of carbonyl (C=O) groups is 1. The maximum atomic E-state index is 10.6. The summed E-state index contributed by atoms with van der Waals surface area (Å²) in [6, 6.07) is 4.26. The van der Waals surface area contributed by atoms with Gasteiger partial charge in [-0.2, -0.15) is 0 Å². The number of halogens is 1. The van der Waals surface area contributed by atoms with Crippen LogP contribution in [0.1, 0.15) is 10.4 Å². The molecule has 1 aromatic rings. The van der Waals surface area contributed by atoms with E-state index in [9.17, 15) is 4.79 Å². The predicted molar refractivity (Wildman–Crippen MR) is 49.9 cm³/mol. The third kappa shape index (κ3) is 2.47. The second-order valence-electron chi connectivity index (χ2n) is 2.19. The van der Waals surface area contributed by atoms with Crippen molar-refractivity contribution in [3.05, 3.63) is 38.7 Å². The Balaban J connectivity index is 3.26. The van der Waals surface area contributed by atoms with Crippen molar-refractivity contribution in [2.24, 2.45) is 5.11 Å². The van der Waals surface area contributed by atoms with Crippen LogP contribution in [-0.2, 0) is 0 Å². The fourth-order valence-corrected chi connectivity index (χ4v) is 1.29. The smallest absolute Gasteiger partial charge is 0.335 e. The summed E-state index contributed by atoms with van der Waals surface area (Å²) in [6.45, 7) is 0. The van der Waals surface area contributed by atoms with E-state index in [0.29, 0.717) is 4.47 Å². The van der Waals surface area contributed by atoms with E-state index in [1.54, 1.807) is 0 Å². The highest BCUT2D eigenvalue weighted by Crippen LogP contribution is 2.21. The number of carboxylic acids is 1. The van der Waals surface area contributed by atoms with Crippen LogP contribution in [-0.4, -0.2) is 11.1 Å². The maximum absolute atomic E-state index is 10.6. The second kappa shape index (κ2) is 3.93. The minimum absolute atomic E-state index is 0.0803. The number of hydrogen-bond acceptors (Lipinski definition) is 2. The summed E-state index contributed by atoms with van der Waals surface area (Å²) in [6.07, 6.45) is 0. The van der Waals surface area contributed by atoms with Crippen LogP contribution in [0.5, 0.6) is 0 Å². The molecule has 0 bridgehead atoms. The van der Waals surface area contributed by atoms with E-state index in [4.69, 9.17) is 10.6 Å². The summed E-state index contributed by atoms with van der Waals surface area (Å²) in [7, 11) is 0. The van der Waals surface area contributed by atoms with Crippen molar-refractivity contribution in [2.45, 2.75) is 0 Å². The molecular formula is C7H4BrN3O2. The van der Waals surface area contributed by atoms with Gasteiger partial charge in [0.15, 0.2) is 0 Å². The molecule has 1 aromatic carbocycles. The lowest BCUT2D eigenvalue weighted by Gasteiger charge is -1.97. The van der Waals surface area contributed by atoms with Gasteiger partial charge in [0.2, 0.25) is 0 Å². The van der Waals surface area contributed by atoms with E-state index in [1.165, 1.54) is 18.2 Å². The van der Waals surface area contributed by atoms with Gasteiger partial charge in [-0.25, -0.2) is 4.79 Å². The van der Waals surface area contributed by atoms with Crippen molar-refractivity contribution in [3.63, 3.8) is 0 Å². The molecule has 1 N–H and O–H groups in total. The fourth-order valence-electron chi connectivity index (χ4n) is 0.807. The molecule has 0 saturated carbocycles. The Hall–Kier alpha value is -1.52. The second-order valence-corrected chi connectivity index (χ2v) is 3.11. The summed E-state index contributed by atoms with van der Waals surface area (Å²) in [5.41, 5.74) is 8.49. The van der Waals surface area contributed by atoms with Gasteiger partial charge in [-0.15, -0.1) is 0 Å². The number of nitrogens with zero attached hydrogens (tertiary/aromatic N) is 3. The summed E-state index contributed by atoms with van der Waals surface area (Å²) >= 11 is 3.10. The van der Waals surface area contributed by atoms with Crippen LogP contribution in [0.3, 0.4) is 0 Å². The van der Waals surface area contributed by atoms with Gasteiger partial charge in [0.1, 0.15) is 0 Å². The molecule has 0 radical (unpaired) electrons. The molecule has 0 atom stereocenters. The third-order valence-electron chi connectivity index (χ3n) is 1.29. The third-order valence-corrected chi connectivity index (χ3v) is 1.75. The van der Waals surface area contributed by atoms with E-state index >= 15 is 0 Å². The molecule has 66 valence electrons. The number of azide groups is 1. The van der Waals surface area contributed by atoms with E-state index in [-0.39, 0.29) is 11.3 Å². The number of rotatable bonds is 2. The summed E-state index contributed by atoms with van der Waals surface area (Å²) in [4.78, 5) is 13.1. The first-order valence-corrected chi connectivity index (χ1v) is 4.02. The first-order chi connectivity index (χ1) is 6.13. The van der Waals surface area contributed by atoms with Crippen LogP contribution in [0.2, 0.25) is 0 Å². The lowest BCUT2D eigenvalue weighted by Crippen LogP contribution is -1.94. The summed E-state index contributed by atoms with van der Waals surface area (Å²) < 4.78 is 0.565. The molecule has 0 aliphatic heterocycles. The number of hydrogen-bond donors (Lipinski definition) is 1. The van der Waals surface area contributed by atoms with E-state index < -0.39 is 5.97 Å². The molecular weight excluding hydrogens is 238 g/mol. The zero-order valence-electron chi connectivity index (χ0n) is 6.31. The topological polar surface area (TPSA) is 86.1 Å². The largest absolute Gasteiger partial charge is 0.478 e. The first-order valence-electron chi connectivity index (χ1n) is 3.22. The monoisotopic (exact) mass is 241 g/mol. The average molecular weight is 242 g/mol.